The van der Waals surface area contributed by atoms with E-state index < -0.39 is 0 Å². The second-order valence-electron chi connectivity index (χ2n) is 6.53. The maximum absolute atomic E-state index is 12.6. The molecule has 0 N–H and O–H groups in total. The summed E-state index contributed by atoms with van der Waals surface area (Å²) in [4.78, 5) is 17.1. The van der Waals surface area contributed by atoms with Gasteiger partial charge in [0.25, 0.3) is 0 Å². The normalized spacial score (nSPS) is 23.5. The molecule has 1 amide bonds. The van der Waals surface area contributed by atoms with Gasteiger partial charge in [0.05, 0.1) is 5.92 Å². The van der Waals surface area contributed by atoms with Crippen LogP contribution in [0.3, 0.4) is 0 Å². The fourth-order valence-electron chi connectivity index (χ4n) is 3.62. The number of carbonyl (C=O) groups excluding carboxylic acids is 1. The Hall–Kier alpha value is -1.35. The van der Waals surface area contributed by atoms with Crippen LogP contribution in [0.25, 0.3) is 0 Å². The lowest BCUT2D eigenvalue weighted by molar-refractivity contribution is -0.136. The number of amides is 1. The standard InChI is InChI=1S/C18H26N2O/c1-15-7-2-3-8-16(15)13-19-10-6-9-17(14-19)18(21)20-11-4-5-12-20/h2-3,7-8,17H,4-6,9-14H2,1H3/t17-/m0/s1. The van der Waals surface area contributed by atoms with E-state index in [4.69, 9.17) is 0 Å². The molecule has 0 saturated carbocycles. The molecule has 2 saturated heterocycles. The maximum Gasteiger partial charge on any atom is 0.226 e. The fraction of sp³-hybridized carbons (Fsp3) is 0.611. The molecule has 0 radical (unpaired) electrons. The molecule has 1 atom stereocenters. The van der Waals surface area contributed by atoms with Crippen molar-refractivity contribution in [3.05, 3.63) is 35.4 Å². The van der Waals surface area contributed by atoms with E-state index in [9.17, 15) is 4.79 Å². The molecule has 0 aromatic heterocycles. The Labute approximate surface area is 127 Å². The van der Waals surface area contributed by atoms with Crippen LogP contribution in [0.15, 0.2) is 24.3 Å². The summed E-state index contributed by atoms with van der Waals surface area (Å²) in [7, 11) is 0. The van der Waals surface area contributed by atoms with Crippen LogP contribution in [0, 0.1) is 12.8 Å². The third kappa shape index (κ3) is 3.46. The molecule has 2 aliphatic heterocycles. The SMILES string of the molecule is Cc1ccccc1CN1CCC[C@H](C(=O)N2CCCC2)C1. The first-order valence-corrected chi connectivity index (χ1v) is 8.29. The van der Waals surface area contributed by atoms with Gasteiger partial charge in [0, 0.05) is 26.2 Å². The number of hydrogen-bond donors (Lipinski definition) is 0. The zero-order chi connectivity index (χ0) is 14.7. The Morgan fingerprint density at radius 3 is 2.67 bits per heavy atom. The zero-order valence-corrected chi connectivity index (χ0v) is 13.1. The molecule has 21 heavy (non-hydrogen) atoms. The summed E-state index contributed by atoms with van der Waals surface area (Å²) < 4.78 is 0. The highest BCUT2D eigenvalue weighted by atomic mass is 16.2. The number of hydrogen-bond acceptors (Lipinski definition) is 2. The first-order chi connectivity index (χ1) is 10.2. The summed E-state index contributed by atoms with van der Waals surface area (Å²) in [6.07, 6.45) is 4.59. The third-order valence-corrected chi connectivity index (χ3v) is 4.93. The van der Waals surface area contributed by atoms with Crippen LogP contribution in [0.5, 0.6) is 0 Å². The Balaban J connectivity index is 1.60. The van der Waals surface area contributed by atoms with Gasteiger partial charge in [-0.3, -0.25) is 9.69 Å². The fourth-order valence-corrected chi connectivity index (χ4v) is 3.62. The van der Waals surface area contributed by atoms with E-state index in [1.807, 2.05) is 0 Å². The highest BCUT2D eigenvalue weighted by Gasteiger charge is 2.30. The molecule has 3 heteroatoms. The molecule has 0 spiro atoms. The Morgan fingerprint density at radius 2 is 1.90 bits per heavy atom. The second kappa shape index (κ2) is 6.61. The van der Waals surface area contributed by atoms with Gasteiger partial charge in [0.2, 0.25) is 5.91 Å². The van der Waals surface area contributed by atoms with E-state index in [-0.39, 0.29) is 5.92 Å². The summed E-state index contributed by atoms with van der Waals surface area (Å²) in [6, 6.07) is 8.58. The average molecular weight is 286 g/mol. The molecule has 1 aromatic carbocycles. The molecule has 2 heterocycles. The van der Waals surface area contributed by atoms with E-state index in [0.29, 0.717) is 5.91 Å². The van der Waals surface area contributed by atoms with E-state index in [2.05, 4.69) is 41.0 Å². The maximum atomic E-state index is 12.6. The number of piperidine rings is 1. The lowest BCUT2D eigenvalue weighted by atomic mass is 9.95. The highest BCUT2D eigenvalue weighted by Crippen LogP contribution is 2.23. The van der Waals surface area contributed by atoms with Crippen molar-refractivity contribution in [2.75, 3.05) is 26.2 Å². The summed E-state index contributed by atoms with van der Waals surface area (Å²) in [5.74, 6) is 0.628. The van der Waals surface area contributed by atoms with Crippen LogP contribution >= 0.6 is 0 Å². The van der Waals surface area contributed by atoms with Gasteiger partial charge in [-0.25, -0.2) is 0 Å². The summed E-state index contributed by atoms with van der Waals surface area (Å²) in [6.45, 7) is 7.17. The topological polar surface area (TPSA) is 23.6 Å². The number of benzene rings is 1. The van der Waals surface area contributed by atoms with Gasteiger partial charge in [0.1, 0.15) is 0 Å². The number of nitrogens with zero attached hydrogens (tertiary/aromatic N) is 2. The van der Waals surface area contributed by atoms with Gasteiger partial charge in [-0.15, -0.1) is 0 Å². The largest absolute Gasteiger partial charge is 0.342 e. The number of aryl methyl sites for hydroxylation is 1. The second-order valence-corrected chi connectivity index (χ2v) is 6.53. The molecule has 3 nitrogen and oxygen atoms in total. The van der Waals surface area contributed by atoms with Crippen molar-refractivity contribution in [1.82, 2.24) is 9.80 Å². The summed E-state index contributed by atoms with van der Waals surface area (Å²) >= 11 is 0. The molecule has 1 aromatic rings. The molecule has 2 aliphatic rings. The lowest BCUT2D eigenvalue weighted by Crippen LogP contribution is -2.43. The van der Waals surface area contributed by atoms with Gasteiger partial charge in [-0.05, 0) is 50.3 Å². The van der Waals surface area contributed by atoms with Crippen LogP contribution < -0.4 is 0 Å². The van der Waals surface area contributed by atoms with Crippen LogP contribution in [0.1, 0.15) is 36.8 Å². The van der Waals surface area contributed by atoms with Crippen LogP contribution in [0.4, 0.5) is 0 Å². The number of carbonyl (C=O) groups is 1. The minimum atomic E-state index is 0.223. The predicted molar refractivity (Wildman–Crippen MR) is 85.0 cm³/mol. The van der Waals surface area contributed by atoms with Crippen molar-refractivity contribution in [2.24, 2.45) is 5.92 Å². The molecule has 2 fully saturated rings. The van der Waals surface area contributed by atoms with Gasteiger partial charge >= 0.3 is 0 Å². The molecule has 0 bridgehead atoms. The Kier molecular flexibility index (Phi) is 4.59. The third-order valence-electron chi connectivity index (χ3n) is 4.93. The average Bonchev–Trinajstić information content (AvgIpc) is 3.03. The van der Waals surface area contributed by atoms with Crippen LogP contribution in [0.2, 0.25) is 0 Å². The van der Waals surface area contributed by atoms with Crippen molar-refractivity contribution in [3.8, 4) is 0 Å². The first-order valence-electron chi connectivity index (χ1n) is 8.29. The summed E-state index contributed by atoms with van der Waals surface area (Å²) in [5, 5.41) is 0. The van der Waals surface area contributed by atoms with Gasteiger partial charge < -0.3 is 4.90 Å². The monoisotopic (exact) mass is 286 g/mol. The zero-order valence-electron chi connectivity index (χ0n) is 13.1. The Bertz CT molecular complexity index is 494. The van der Waals surface area contributed by atoms with Crippen molar-refractivity contribution in [2.45, 2.75) is 39.2 Å². The smallest absolute Gasteiger partial charge is 0.226 e. The van der Waals surface area contributed by atoms with Crippen LogP contribution in [-0.4, -0.2) is 41.9 Å². The van der Waals surface area contributed by atoms with Crippen molar-refractivity contribution in [3.63, 3.8) is 0 Å². The predicted octanol–water partition coefficient (Wildman–Crippen LogP) is 2.83. The first kappa shape index (κ1) is 14.6. The van der Waals surface area contributed by atoms with Gasteiger partial charge in [-0.1, -0.05) is 24.3 Å². The molecular weight excluding hydrogens is 260 g/mol. The van der Waals surface area contributed by atoms with Gasteiger partial charge in [0.15, 0.2) is 0 Å². The van der Waals surface area contributed by atoms with Crippen molar-refractivity contribution >= 4 is 5.91 Å². The number of rotatable bonds is 3. The Morgan fingerprint density at radius 1 is 1.14 bits per heavy atom. The van der Waals surface area contributed by atoms with Crippen molar-refractivity contribution < 1.29 is 4.79 Å². The minimum absolute atomic E-state index is 0.223. The minimum Gasteiger partial charge on any atom is -0.342 e. The molecule has 0 aliphatic carbocycles. The lowest BCUT2D eigenvalue weighted by Gasteiger charge is -2.34. The molecule has 114 valence electrons. The quantitative estimate of drug-likeness (QED) is 0.853. The van der Waals surface area contributed by atoms with Crippen LogP contribution in [-0.2, 0) is 11.3 Å². The van der Waals surface area contributed by atoms with Crippen molar-refractivity contribution in [1.29, 1.82) is 0 Å². The van der Waals surface area contributed by atoms with E-state index >= 15 is 0 Å². The molecule has 3 rings (SSSR count). The van der Waals surface area contributed by atoms with E-state index in [0.717, 1.165) is 45.6 Å². The summed E-state index contributed by atoms with van der Waals surface area (Å²) in [5.41, 5.74) is 2.75. The van der Waals surface area contributed by atoms with E-state index in [1.165, 1.54) is 24.0 Å². The van der Waals surface area contributed by atoms with Gasteiger partial charge in [-0.2, -0.15) is 0 Å². The van der Waals surface area contributed by atoms with E-state index in [1.54, 1.807) is 0 Å². The highest BCUT2D eigenvalue weighted by molar-refractivity contribution is 5.79. The molecule has 0 unspecified atom stereocenters. The molecular formula is C18H26N2O. The number of likely N-dealkylation sites (tertiary alicyclic amines) is 2.